The zero-order valence-electron chi connectivity index (χ0n) is 23.0. The van der Waals surface area contributed by atoms with Crippen molar-refractivity contribution in [3.8, 4) is 27.9 Å². The van der Waals surface area contributed by atoms with E-state index in [0.29, 0.717) is 11.8 Å². The number of hydrogen-bond donors (Lipinski definition) is 0. The molecule has 1 aliphatic rings. The maximum absolute atomic E-state index is 3.38. The zero-order valence-corrected chi connectivity index (χ0v) is 23.0. The number of para-hydroxylation sites is 1. The molecule has 1 aromatic heterocycles. The average molecular weight is 524 g/mol. The molecule has 1 aliphatic carbocycles. The topological polar surface area (TPSA) is 4.93 Å². The minimum Gasteiger partial charge on any atom is -0.302 e. The van der Waals surface area contributed by atoms with Crippen molar-refractivity contribution in [2.45, 2.75) is 25.2 Å². The summed E-state index contributed by atoms with van der Waals surface area (Å²) in [4.78, 5) is 0. The largest absolute Gasteiger partial charge is 0.302 e. The smallest absolute Gasteiger partial charge is 0.105 e. The Hall–Kier alpha value is -5.06. The van der Waals surface area contributed by atoms with Crippen LogP contribution >= 0.6 is 0 Å². The van der Waals surface area contributed by atoms with Crippen molar-refractivity contribution in [3.63, 3.8) is 0 Å². The van der Waals surface area contributed by atoms with Crippen LogP contribution in [0.1, 0.15) is 35.4 Å². The highest BCUT2D eigenvalue weighted by Crippen LogP contribution is 2.46. The van der Waals surface area contributed by atoms with Crippen LogP contribution in [0, 0.1) is 12.1 Å². The van der Waals surface area contributed by atoms with Crippen molar-refractivity contribution in [1.29, 1.82) is 0 Å². The van der Waals surface area contributed by atoms with E-state index in [1.54, 1.807) is 0 Å². The van der Waals surface area contributed by atoms with Gasteiger partial charge < -0.3 is 4.57 Å². The first kappa shape index (κ1) is 23.8. The van der Waals surface area contributed by atoms with Gasteiger partial charge in [0.15, 0.2) is 0 Å². The highest BCUT2D eigenvalue weighted by molar-refractivity contribution is 6.08. The quantitative estimate of drug-likeness (QED) is 0.216. The molecule has 0 bridgehead atoms. The van der Waals surface area contributed by atoms with Crippen molar-refractivity contribution >= 4 is 21.8 Å². The van der Waals surface area contributed by atoms with Gasteiger partial charge in [0.25, 0.3) is 0 Å². The Kier molecular flexibility index (Phi) is 5.54. The number of fused-ring (bicyclic) bond motifs is 6. The van der Waals surface area contributed by atoms with E-state index >= 15 is 0 Å². The standard InChI is InChI=1S/C40H29N/c1-27(38-26-31-12-2-3-17-33(31)34-18-4-5-19-35(34)38)28-13-10-14-29(24-28)30-15-11-16-32(25-30)41-39-22-8-6-20-36(39)37-21-7-9-23-40(37)41/h2-8,10-22,24-25,27,38H,26H2,1H3/t27-,38+/m0/s1. The summed E-state index contributed by atoms with van der Waals surface area (Å²) < 4.78 is 2.31. The summed E-state index contributed by atoms with van der Waals surface area (Å²) in [6.45, 7) is 2.40. The van der Waals surface area contributed by atoms with Crippen LogP contribution in [-0.4, -0.2) is 4.57 Å². The molecule has 0 saturated heterocycles. The van der Waals surface area contributed by atoms with Gasteiger partial charge in [-0.15, -0.1) is 0 Å². The Morgan fingerprint density at radius 3 is 2.37 bits per heavy atom. The molecule has 0 aliphatic heterocycles. The Labute approximate surface area is 241 Å². The maximum Gasteiger partial charge on any atom is 0.105 e. The minimum absolute atomic E-state index is 0.384. The number of benzene rings is 5. The lowest BCUT2D eigenvalue weighted by molar-refractivity contribution is 0.568. The molecule has 0 radical (unpaired) electrons. The average Bonchev–Trinajstić information content (AvgIpc) is 3.39. The van der Waals surface area contributed by atoms with Crippen molar-refractivity contribution in [2.24, 2.45) is 0 Å². The van der Waals surface area contributed by atoms with E-state index in [1.807, 2.05) is 6.07 Å². The lowest BCUT2D eigenvalue weighted by Gasteiger charge is -2.32. The summed E-state index contributed by atoms with van der Waals surface area (Å²) in [6, 6.07) is 55.2. The predicted octanol–water partition coefficient (Wildman–Crippen LogP) is 10.2. The second kappa shape index (κ2) is 9.54. The Balaban J connectivity index is 1.19. The second-order valence-electron chi connectivity index (χ2n) is 11.2. The molecule has 1 heterocycles. The van der Waals surface area contributed by atoms with Gasteiger partial charge in [0.2, 0.25) is 0 Å². The summed E-state index contributed by atoms with van der Waals surface area (Å²) in [7, 11) is 0. The highest BCUT2D eigenvalue weighted by atomic mass is 15.0. The van der Waals surface area contributed by atoms with Crippen LogP contribution in [0.4, 0.5) is 0 Å². The molecule has 0 saturated carbocycles. The Bertz CT molecular complexity index is 2010. The van der Waals surface area contributed by atoms with E-state index in [9.17, 15) is 0 Å². The van der Waals surface area contributed by atoms with Gasteiger partial charge in [0.05, 0.1) is 5.52 Å². The molecular formula is C40H29N. The number of aromatic nitrogens is 1. The van der Waals surface area contributed by atoms with Crippen molar-refractivity contribution < 1.29 is 0 Å². The van der Waals surface area contributed by atoms with E-state index < -0.39 is 0 Å². The SMILES string of the molecule is C[C@@H](c1cccc(-c2cccc(-n3c4c#cccc4c4ccccc43)c2)c1)[C@H]1Cc2ccccc2-c2ccccc21. The molecule has 0 unspecified atom stereocenters. The fraction of sp³-hybridized carbons (Fsp3) is 0.100. The normalized spacial score (nSPS) is 14.8. The maximum atomic E-state index is 3.38. The molecule has 6 aromatic carbocycles. The van der Waals surface area contributed by atoms with Gasteiger partial charge in [0, 0.05) is 16.5 Å². The van der Waals surface area contributed by atoms with Gasteiger partial charge >= 0.3 is 0 Å². The predicted molar refractivity (Wildman–Crippen MR) is 171 cm³/mol. The first-order valence-electron chi connectivity index (χ1n) is 14.5. The molecule has 1 nitrogen and oxygen atoms in total. The molecule has 41 heavy (non-hydrogen) atoms. The lowest BCUT2D eigenvalue weighted by atomic mass is 9.71. The molecule has 194 valence electrons. The summed E-state index contributed by atoms with van der Waals surface area (Å²) in [5.41, 5.74) is 12.9. The first-order chi connectivity index (χ1) is 20.3. The molecule has 1 heteroatoms. The van der Waals surface area contributed by atoms with Crippen LogP contribution in [0.2, 0.25) is 0 Å². The zero-order chi connectivity index (χ0) is 27.3. The first-order valence-corrected chi connectivity index (χ1v) is 14.5. The summed E-state index contributed by atoms with van der Waals surface area (Å²) in [5.74, 6) is 0.821. The monoisotopic (exact) mass is 523 g/mol. The molecule has 8 rings (SSSR count). The van der Waals surface area contributed by atoms with E-state index in [-0.39, 0.29) is 0 Å². The second-order valence-corrected chi connectivity index (χ2v) is 11.2. The fourth-order valence-corrected chi connectivity index (χ4v) is 6.94. The Morgan fingerprint density at radius 2 is 1.44 bits per heavy atom. The van der Waals surface area contributed by atoms with Gasteiger partial charge in [-0.1, -0.05) is 116 Å². The summed E-state index contributed by atoms with van der Waals surface area (Å²) in [6.07, 6.45) is 1.06. The number of nitrogens with zero attached hydrogens (tertiary/aromatic N) is 1. The van der Waals surface area contributed by atoms with E-state index in [4.69, 9.17) is 0 Å². The number of rotatable bonds is 4. The van der Waals surface area contributed by atoms with Crippen LogP contribution in [0.15, 0.2) is 133 Å². The van der Waals surface area contributed by atoms with Crippen LogP contribution in [0.5, 0.6) is 0 Å². The minimum atomic E-state index is 0.384. The summed E-state index contributed by atoms with van der Waals surface area (Å²) >= 11 is 0. The van der Waals surface area contributed by atoms with Gasteiger partial charge in [-0.3, -0.25) is 0 Å². The van der Waals surface area contributed by atoms with Crippen LogP contribution in [0.3, 0.4) is 0 Å². The van der Waals surface area contributed by atoms with E-state index in [1.165, 1.54) is 55.2 Å². The molecule has 0 spiro atoms. The van der Waals surface area contributed by atoms with Crippen molar-refractivity contribution in [3.05, 3.63) is 162 Å². The third-order valence-corrected chi connectivity index (χ3v) is 9.00. The molecule has 2 atom stereocenters. The van der Waals surface area contributed by atoms with Crippen molar-refractivity contribution in [2.75, 3.05) is 0 Å². The van der Waals surface area contributed by atoms with E-state index in [2.05, 4.69) is 151 Å². The fourth-order valence-electron chi connectivity index (χ4n) is 6.94. The van der Waals surface area contributed by atoms with Gasteiger partial charge in [-0.2, -0.15) is 0 Å². The third kappa shape index (κ3) is 3.87. The third-order valence-electron chi connectivity index (χ3n) is 9.00. The molecule has 0 amide bonds. The van der Waals surface area contributed by atoms with Crippen LogP contribution in [-0.2, 0) is 6.42 Å². The molecular weight excluding hydrogens is 494 g/mol. The lowest BCUT2D eigenvalue weighted by Crippen LogP contribution is -2.17. The van der Waals surface area contributed by atoms with E-state index in [0.717, 1.165) is 17.6 Å². The molecule has 0 N–H and O–H groups in total. The van der Waals surface area contributed by atoms with Crippen LogP contribution < -0.4 is 0 Å². The summed E-state index contributed by atoms with van der Waals surface area (Å²) in [5, 5.41) is 2.44. The number of hydrogen-bond acceptors (Lipinski definition) is 0. The van der Waals surface area contributed by atoms with Crippen molar-refractivity contribution in [1.82, 2.24) is 4.57 Å². The highest BCUT2D eigenvalue weighted by Gasteiger charge is 2.29. The molecule has 7 aromatic rings. The van der Waals surface area contributed by atoms with Gasteiger partial charge in [0.1, 0.15) is 5.52 Å². The van der Waals surface area contributed by atoms with Crippen LogP contribution in [0.25, 0.3) is 49.7 Å². The molecule has 0 fully saturated rings. The Morgan fingerprint density at radius 1 is 0.683 bits per heavy atom. The van der Waals surface area contributed by atoms with Gasteiger partial charge in [-0.05, 0) is 93.6 Å². The van der Waals surface area contributed by atoms with Gasteiger partial charge in [-0.25, -0.2) is 0 Å².